The van der Waals surface area contributed by atoms with E-state index in [9.17, 15) is 0 Å². The third-order valence-corrected chi connectivity index (χ3v) is 2.85. The SMILES string of the molecule is CCNCC(CC)C(CCN)N(C)C. The molecule has 0 radical (unpaired) electrons. The van der Waals surface area contributed by atoms with E-state index in [-0.39, 0.29) is 0 Å². The number of hydrogen-bond acceptors (Lipinski definition) is 3. The monoisotopic (exact) mass is 201 g/mol. The van der Waals surface area contributed by atoms with Crippen LogP contribution in [0.5, 0.6) is 0 Å². The highest BCUT2D eigenvalue weighted by atomic mass is 15.1. The average Bonchev–Trinajstić information content (AvgIpc) is 2.17. The van der Waals surface area contributed by atoms with Crippen LogP contribution in [-0.4, -0.2) is 44.7 Å². The maximum atomic E-state index is 5.64. The minimum Gasteiger partial charge on any atom is -0.330 e. The van der Waals surface area contributed by atoms with Crippen LogP contribution < -0.4 is 11.1 Å². The third-order valence-electron chi connectivity index (χ3n) is 2.85. The molecule has 0 saturated heterocycles. The fraction of sp³-hybridized carbons (Fsp3) is 1.00. The van der Waals surface area contributed by atoms with Gasteiger partial charge in [-0.15, -0.1) is 0 Å². The van der Waals surface area contributed by atoms with Crippen molar-refractivity contribution in [3.63, 3.8) is 0 Å². The zero-order chi connectivity index (χ0) is 11.0. The molecule has 0 aliphatic rings. The van der Waals surface area contributed by atoms with Crippen LogP contribution in [0.1, 0.15) is 26.7 Å². The van der Waals surface area contributed by atoms with Crippen LogP contribution in [0.15, 0.2) is 0 Å². The molecule has 0 spiro atoms. The molecule has 0 amide bonds. The second-order valence-electron chi connectivity index (χ2n) is 4.08. The second kappa shape index (κ2) is 8.21. The number of hydrogen-bond donors (Lipinski definition) is 2. The zero-order valence-corrected chi connectivity index (χ0v) is 10.2. The highest BCUT2D eigenvalue weighted by Crippen LogP contribution is 2.15. The molecule has 0 aromatic heterocycles. The van der Waals surface area contributed by atoms with Crippen molar-refractivity contribution in [2.24, 2.45) is 11.7 Å². The Balaban J connectivity index is 4.11. The summed E-state index contributed by atoms with van der Waals surface area (Å²) in [4.78, 5) is 2.30. The molecule has 0 aromatic rings. The molecule has 14 heavy (non-hydrogen) atoms. The number of nitrogens with one attached hydrogen (secondary N) is 1. The first-order chi connectivity index (χ1) is 6.67. The Bertz CT molecular complexity index is 126. The predicted octanol–water partition coefficient (Wildman–Crippen LogP) is 0.901. The molecule has 2 unspecified atom stereocenters. The van der Waals surface area contributed by atoms with Crippen molar-refractivity contribution in [1.29, 1.82) is 0 Å². The summed E-state index contributed by atoms with van der Waals surface area (Å²) in [6, 6.07) is 0.615. The lowest BCUT2D eigenvalue weighted by molar-refractivity contribution is 0.191. The lowest BCUT2D eigenvalue weighted by Gasteiger charge is -2.31. The van der Waals surface area contributed by atoms with E-state index in [1.54, 1.807) is 0 Å². The van der Waals surface area contributed by atoms with Crippen LogP contribution in [0.4, 0.5) is 0 Å². The Morgan fingerprint density at radius 1 is 1.29 bits per heavy atom. The molecule has 0 saturated carbocycles. The summed E-state index contributed by atoms with van der Waals surface area (Å²) in [6.07, 6.45) is 2.31. The van der Waals surface area contributed by atoms with Crippen molar-refractivity contribution in [3.8, 4) is 0 Å². The van der Waals surface area contributed by atoms with E-state index in [4.69, 9.17) is 5.73 Å². The van der Waals surface area contributed by atoms with Gasteiger partial charge in [0.2, 0.25) is 0 Å². The number of nitrogens with zero attached hydrogens (tertiary/aromatic N) is 1. The molecule has 3 heteroatoms. The summed E-state index contributed by atoms with van der Waals surface area (Å²) in [5.41, 5.74) is 5.64. The van der Waals surface area contributed by atoms with Gasteiger partial charge in [0.15, 0.2) is 0 Å². The second-order valence-corrected chi connectivity index (χ2v) is 4.08. The summed E-state index contributed by atoms with van der Waals surface area (Å²) < 4.78 is 0. The molecule has 2 atom stereocenters. The fourth-order valence-electron chi connectivity index (χ4n) is 1.97. The van der Waals surface area contributed by atoms with E-state index in [2.05, 4.69) is 38.2 Å². The van der Waals surface area contributed by atoms with Crippen molar-refractivity contribution in [2.45, 2.75) is 32.7 Å². The molecular formula is C11H27N3. The van der Waals surface area contributed by atoms with Gasteiger partial charge in [0.1, 0.15) is 0 Å². The van der Waals surface area contributed by atoms with Gasteiger partial charge >= 0.3 is 0 Å². The van der Waals surface area contributed by atoms with Crippen LogP contribution in [0.3, 0.4) is 0 Å². The van der Waals surface area contributed by atoms with Gasteiger partial charge in [-0.1, -0.05) is 20.3 Å². The first-order valence-electron chi connectivity index (χ1n) is 5.74. The van der Waals surface area contributed by atoms with Crippen LogP contribution in [0, 0.1) is 5.92 Å². The lowest BCUT2D eigenvalue weighted by atomic mass is 9.93. The minimum absolute atomic E-state index is 0.615. The normalized spacial score (nSPS) is 15.9. The van der Waals surface area contributed by atoms with E-state index in [0.29, 0.717) is 12.0 Å². The zero-order valence-electron chi connectivity index (χ0n) is 10.2. The van der Waals surface area contributed by atoms with Gasteiger partial charge in [-0.05, 0) is 46.1 Å². The first-order valence-corrected chi connectivity index (χ1v) is 5.74. The van der Waals surface area contributed by atoms with Gasteiger partial charge in [-0.2, -0.15) is 0 Å². The quantitative estimate of drug-likeness (QED) is 0.613. The Kier molecular flexibility index (Phi) is 8.14. The molecule has 0 rings (SSSR count). The lowest BCUT2D eigenvalue weighted by Crippen LogP contribution is -2.41. The molecule has 86 valence electrons. The molecule has 0 aliphatic carbocycles. The topological polar surface area (TPSA) is 41.3 Å². The maximum Gasteiger partial charge on any atom is 0.0141 e. The maximum absolute atomic E-state index is 5.64. The molecule has 3 nitrogen and oxygen atoms in total. The van der Waals surface area contributed by atoms with Crippen LogP contribution in [-0.2, 0) is 0 Å². The van der Waals surface area contributed by atoms with Crippen molar-refractivity contribution >= 4 is 0 Å². The number of rotatable bonds is 8. The summed E-state index contributed by atoms with van der Waals surface area (Å²) in [7, 11) is 4.30. The average molecular weight is 201 g/mol. The first kappa shape index (κ1) is 13.9. The van der Waals surface area contributed by atoms with Crippen LogP contribution >= 0.6 is 0 Å². The Hall–Kier alpha value is -0.120. The van der Waals surface area contributed by atoms with Crippen LogP contribution in [0.25, 0.3) is 0 Å². The minimum atomic E-state index is 0.615. The molecule has 0 heterocycles. The van der Waals surface area contributed by atoms with Gasteiger partial charge in [0, 0.05) is 6.04 Å². The fourth-order valence-corrected chi connectivity index (χ4v) is 1.97. The van der Waals surface area contributed by atoms with Crippen molar-refractivity contribution in [3.05, 3.63) is 0 Å². The van der Waals surface area contributed by atoms with Crippen molar-refractivity contribution in [1.82, 2.24) is 10.2 Å². The van der Waals surface area contributed by atoms with Crippen molar-refractivity contribution < 1.29 is 0 Å². The van der Waals surface area contributed by atoms with Crippen LogP contribution in [0.2, 0.25) is 0 Å². The molecule has 0 fully saturated rings. The summed E-state index contributed by atoms with van der Waals surface area (Å²) in [6.45, 7) is 7.36. The molecule has 0 bridgehead atoms. The predicted molar refractivity (Wildman–Crippen MR) is 63.5 cm³/mol. The van der Waals surface area contributed by atoms with E-state index in [1.807, 2.05) is 0 Å². The van der Waals surface area contributed by atoms with E-state index in [0.717, 1.165) is 26.1 Å². The van der Waals surface area contributed by atoms with Gasteiger partial charge in [0.05, 0.1) is 0 Å². The Labute approximate surface area is 89.0 Å². The van der Waals surface area contributed by atoms with E-state index < -0.39 is 0 Å². The van der Waals surface area contributed by atoms with Gasteiger partial charge in [-0.25, -0.2) is 0 Å². The highest BCUT2D eigenvalue weighted by molar-refractivity contribution is 4.77. The van der Waals surface area contributed by atoms with E-state index >= 15 is 0 Å². The molecule has 0 aromatic carbocycles. The largest absolute Gasteiger partial charge is 0.330 e. The van der Waals surface area contributed by atoms with Crippen molar-refractivity contribution in [2.75, 3.05) is 33.7 Å². The van der Waals surface area contributed by atoms with Gasteiger partial charge in [0.25, 0.3) is 0 Å². The smallest absolute Gasteiger partial charge is 0.0141 e. The number of nitrogens with two attached hydrogens (primary N) is 1. The highest BCUT2D eigenvalue weighted by Gasteiger charge is 2.20. The standard InChI is InChI=1S/C11H27N3/c1-5-10(9-13-6-2)11(7-8-12)14(3)4/h10-11,13H,5-9,12H2,1-4H3. The Morgan fingerprint density at radius 2 is 1.93 bits per heavy atom. The summed E-state index contributed by atoms with van der Waals surface area (Å²) in [5.74, 6) is 0.716. The van der Waals surface area contributed by atoms with E-state index in [1.165, 1.54) is 6.42 Å². The molecular weight excluding hydrogens is 174 g/mol. The van der Waals surface area contributed by atoms with Gasteiger partial charge in [-0.3, -0.25) is 0 Å². The summed E-state index contributed by atoms with van der Waals surface area (Å²) >= 11 is 0. The van der Waals surface area contributed by atoms with Gasteiger partial charge < -0.3 is 16.0 Å². The Morgan fingerprint density at radius 3 is 2.29 bits per heavy atom. The molecule has 3 N–H and O–H groups in total. The third kappa shape index (κ3) is 4.94. The molecule has 0 aliphatic heterocycles. The summed E-state index contributed by atoms with van der Waals surface area (Å²) in [5, 5.41) is 3.43.